The number of ether oxygens (including phenoxy) is 1. The molecule has 1 aromatic carbocycles. The highest BCUT2D eigenvalue weighted by Crippen LogP contribution is 2.31. The summed E-state index contributed by atoms with van der Waals surface area (Å²) in [4.78, 5) is 0. The zero-order valence-electron chi connectivity index (χ0n) is 9.33. The van der Waals surface area contributed by atoms with E-state index in [1.54, 1.807) is 0 Å². The third-order valence-corrected chi connectivity index (χ3v) is 3.26. The summed E-state index contributed by atoms with van der Waals surface area (Å²) in [7, 11) is 0. The van der Waals surface area contributed by atoms with Crippen LogP contribution in [-0.2, 0) is 11.2 Å². The monoisotopic (exact) mass is 205 g/mol. The van der Waals surface area contributed by atoms with Crippen LogP contribution in [0.15, 0.2) is 18.2 Å². The second kappa shape index (κ2) is 4.67. The molecule has 1 fully saturated rings. The number of nitrogens with two attached hydrogens (primary N) is 1. The van der Waals surface area contributed by atoms with Crippen LogP contribution >= 0.6 is 0 Å². The summed E-state index contributed by atoms with van der Waals surface area (Å²) < 4.78 is 5.39. The first kappa shape index (κ1) is 10.5. The summed E-state index contributed by atoms with van der Waals surface area (Å²) in [6.07, 6.45) is 3.30. The lowest BCUT2D eigenvalue weighted by Gasteiger charge is -2.25. The van der Waals surface area contributed by atoms with Crippen molar-refractivity contribution in [2.45, 2.75) is 32.1 Å². The molecule has 2 nitrogen and oxygen atoms in total. The molecule has 2 N–H and O–H groups in total. The van der Waals surface area contributed by atoms with E-state index in [9.17, 15) is 0 Å². The number of hydrogen-bond acceptors (Lipinski definition) is 2. The van der Waals surface area contributed by atoms with Gasteiger partial charge < -0.3 is 10.5 Å². The van der Waals surface area contributed by atoms with Gasteiger partial charge in [-0.25, -0.2) is 0 Å². The van der Waals surface area contributed by atoms with Crippen molar-refractivity contribution in [3.8, 4) is 0 Å². The van der Waals surface area contributed by atoms with Gasteiger partial charge in [0.15, 0.2) is 0 Å². The molecule has 1 saturated heterocycles. The van der Waals surface area contributed by atoms with Gasteiger partial charge in [-0.3, -0.25) is 0 Å². The Morgan fingerprint density at radius 3 is 2.73 bits per heavy atom. The highest BCUT2D eigenvalue weighted by molar-refractivity contribution is 5.52. The molecule has 1 aromatic rings. The van der Waals surface area contributed by atoms with E-state index in [0.717, 1.165) is 38.2 Å². The van der Waals surface area contributed by atoms with Crippen molar-refractivity contribution < 1.29 is 4.74 Å². The van der Waals surface area contributed by atoms with E-state index in [1.165, 1.54) is 11.1 Å². The molecule has 82 valence electrons. The van der Waals surface area contributed by atoms with Gasteiger partial charge in [0.1, 0.15) is 0 Å². The average Bonchev–Trinajstić information content (AvgIpc) is 2.30. The largest absolute Gasteiger partial charge is 0.398 e. The van der Waals surface area contributed by atoms with Crippen molar-refractivity contribution in [3.63, 3.8) is 0 Å². The van der Waals surface area contributed by atoms with Crippen LogP contribution in [0.3, 0.4) is 0 Å². The fourth-order valence-electron chi connectivity index (χ4n) is 2.42. The summed E-state index contributed by atoms with van der Waals surface area (Å²) in [6, 6.07) is 6.30. The minimum atomic E-state index is 0.650. The van der Waals surface area contributed by atoms with Crippen LogP contribution in [0.1, 0.15) is 36.8 Å². The maximum atomic E-state index is 6.01. The third kappa shape index (κ3) is 2.15. The Morgan fingerprint density at radius 2 is 2.07 bits per heavy atom. The van der Waals surface area contributed by atoms with Crippen molar-refractivity contribution >= 4 is 5.69 Å². The summed E-state index contributed by atoms with van der Waals surface area (Å²) in [5.74, 6) is 0.650. The molecule has 0 spiro atoms. The molecule has 1 aliphatic rings. The summed E-state index contributed by atoms with van der Waals surface area (Å²) >= 11 is 0. The van der Waals surface area contributed by atoms with Crippen LogP contribution in [-0.4, -0.2) is 13.2 Å². The molecule has 15 heavy (non-hydrogen) atoms. The van der Waals surface area contributed by atoms with Crippen LogP contribution in [0, 0.1) is 0 Å². The summed E-state index contributed by atoms with van der Waals surface area (Å²) in [5, 5.41) is 0. The van der Waals surface area contributed by atoms with Gasteiger partial charge in [0.05, 0.1) is 0 Å². The van der Waals surface area contributed by atoms with Crippen molar-refractivity contribution in [2.75, 3.05) is 18.9 Å². The zero-order valence-corrected chi connectivity index (χ0v) is 9.33. The second-order valence-electron chi connectivity index (χ2n) is 4.16. The van der Waals surface area contributed by atoms with Crippen LogP contribution in [0.4, 0.5) is 5.69 Å². The zero-order chi connectivity index (χ0) is 10.7. The minimum absolute atomic E-state index is 0.650. The number of benzene rings is 1. The number of anilines is 1. The van der Waals surface area contributed by atoms with Crippen LogP contribution in [0.2, 0.25) is 0 Å². The lowest BCUT2D eigenvalue weighted by atomic mass is 9.87. The molecule has 0 amide bonds. The highest BCUT2D eigenvalue weighted by Gasteiger charge is 2.18. The van der Waals surface area contributed by atoms with Crippen LogP contribution < -0.4 is 5.73 Å². The molecule has 0 atom stereocenters. The van der Waals surface area contributed by atoms with Gasteiger partial charge >= 0.3 is 0 Å². The Labute approximate surface area is 91.4 Å². The minimum Gasteiger partial charge on any atom is -0.398 e. The molecule has 2 rings (SSSR count). The maximum absolute atomic E-state index is 6.01. The molecule has 0 aromatic heterocycles. The molecule has 0 saturated carbocycles. The van der Waals surface area contributed by atoms with Crippen molar-refractivity contribution in [1.29, 1.82) is 0 Å². The van der Waals surface area contributed by atoms with Gasteiger partial charge in [0.2, 0.25) is 0 Å². The predicted octanol–water partition coefficient (Wildman–Crippen LogP) is 2.73. The topological polar surface area (TPSA) is 35.2 Å². The van der Waals surface area contributed by atoms with Crippen molar-refractivity contribution in [1.82, 2.24) is 0 Å². The van der Waals surface area contributed by atoms with E-state index < -0.39 is 0 Å². The standard InChI is InChI=1S/C13H19NO/c1-2-11-12(4-3-5-13(11)14)10-6-8-15-9-7-10/h3-5,10H,2,6-9,14H2,1H3. The van der Waals surface area contributed by atoms with Gasteiger partial charge in [0.25, 0.3) is 0 Å². The first-order valence-electron chi connectivity index (χ1n) is 5.78. The lowest BCUT2D eigenvalue weighted by molar-refractivity contribution is 0.0852. The van der Waals surface area contributed by atoms with Crippen LogP contribution in [0.5, 0.6) is 0 Å². The Kier molecular flexibility index (Phi) is 3.27. The normalized spacial score (nSPS) is 17.9. The highest BCUT2D eigenvalue weighted by atomic mass is 16.5. The summed E-state index contributed by atoms with van der Waals surface area (Å²) in [6.45, 7) is 3.96. The molecular formula is C13H19NO. The van der Waals surface area contributed by atoms with Gasteiger partial charge in [0, 0.05) is 18.9 Å². The number of rotatable bonds is 2. The first-order valence-corrected chi connectivity index (χ1v) is 5.78. The molecule has 1 aliphatic heterocycles. The van der Waals surface area contributed by atoms with E-state index in [1.807, 2.05) is 6.07 Å². The molecular weight excluding hydrogens is 186 g/mol. The van der Waals surface area contributed by atoms with Gasteiger partial charge in [-0.2, -0.15) is 0 Å². The number of nitrogen functional groups attached to an aromatic ring is 1. The molecule has 0 bridgehead atoms. The first-order chi connectivity index (χ1) is 7.33. The van der Waals surface area contributed by atoms with E-state index in [2.05, 4.69) is 19.1 Å². The Morgan fingerprint density at radius 1 is 1.33 bits per heavy atom. The molecule has 0 unspecified atom stereocenters. The SMILES string of the molecule is CCc1c(N)cccc1C1CCOCC1. The predicted molar refractivity (Wildman–Crippen MR) is 63.0 cm³/mol. The van der Waals surface area contributed by atoms with E-state index >= 15 is 0 Å². The van der Waals surface area contributed by atoms with Crippen molar-refractivity contribution in [2.24, 2.45) is 0 Å². The second-order valence-corrected chi connectivity index (χ2v) is 4.16. The third-order valence-electron chi connectivity index (χ3n) is 3.26. The summed E-state index contributed by atoms with van der Waals surface area (Å²) in [5.41, 5.74) is 9.74. The average molecular weight is 205 g/mol. The van der Waals surface area contributed by atoms with Crippen molar-refractivity contribution in [3.05, 3.63) is 29.3 Å². The van der Waals surface area contributed by atoms with Gasteiger partial charge in [-0.1, -0.05) is 19.1 Å². The van der Waals surface area contributed by atoms with E-state index in [0.29, 0.717) is 5.92 Å². The van der Waals surface area contributed by atoms with Gasteiger partial charge in [-0.15, -0.1) is 0 Å². The Balaban J connectivity index is 2.29. The molecule has 0 radical (unpaired) electrons. The maximum Gasteiger partial charge on any atom is 0.0471 e. The fourth-order valence-corrected chi connectivity index (χ4v) is 2.42. The Hall–Kier alpha value is -1.02. The molecule has 0 aliphatic carbocycles. The van der Waals surface area contributed by atoms with E-state index in [-0.39, 0.29) is 0 Å². The number of hydrogen-bond donors (Lipinski definition) is 1. The van der Waals surface area contributed by atoms with E-state index in [4.69, 9.17) is 10.5 Å². The lowest BCUT2D eigenvalue weighted by Crippen LogP contribution is -2.15. The molecule has 1 heterocycles. The van der Waals surface area contributed by atoms with Crippen LogP contribution in [0.25, 0.3) is 0 Å². The smallest absolute Gasteiger partial charge is 0.0471 e. The quantitative estimate of drug-likeness (QED) is 0.753. The fraction of sp³-hybridized carbons (Fsp3) is 0.538. The molecule has 2 heteroatoms. The Bertz CT molecular complexity index is 329. The van der Waals surface area contributed by atoms with Gasteiger partial charge in [-0.05, 0) is 42.4 Å².